The quantitative estimate of drug-likeness (QED) is 0.824. The van der Waals surface area contributed by atoms with Crippen LogP contribution in [-0.2, 0) is 18.4 Å². The summed E-state index contributed by atoms with van der Waals surface area (Å²) < 4.78 is 0. The van der Waals surface area contributed by atoms with Gasteiger partial charge >= 0.3 is 6.03 Å². The van der Waals surface area contributed by atoms with E-state index in [4.69, 9.17) is 0 Å². The Bertz CT molecular complexity index is 664. The van der Waals surface area contributed by atoms with Gasteiger partial charge in [0.1, 0.15) is 0 Å². The van der Waals surface area contributed by atoms with Gasteiger partial charge in [-0.05, 0) is 34.7 Å². The summed E-state index contributed by atoms with van der Waals surface area (Å²) in [6, 6.07) is 10.1. The van der Waals surface area contributed by atoms with Gasteiger partial charge in [0.15, 0.2) is 0 Å². The molecule has 2 heterocycles. The summed E-state index contributed by atoms with van der Waals surface area (Å²) >= 11 is 0. The van der Waals surface area contributed by atoms with Gasteiger partial charge in [0.25, 0.3) is 0 Å². The maximum atomic E-state index is 12.4. The fourth-order valence-electron chi connectivity index (χ4n) is 2.78. The predicted molar refractivity (Wildman–Crippen MR) is 89.1 cm³/mol. The molecule has 0 fully saturated rings. The SMILES string of the molecule is CC(C)(C)c1ccc(NC(=O)N2CCc3[nH]ccc3C2)cc1. The van der Waals surface area contributed by atoms with E-state index in [9.17, 15) is 4.79 Å². The van der Waals surface area contributed by atoms with Crippen molar-refractivity contribution in [3.63, 3.8) is 0 Å². The van der Waals surface area contributed by atoms with Crippen LogP contribution in [0.1, 0.15) is 37.6 Å². The highest BCUT2D eigenvalue weighted by Crippen LogP contribution is 2.24. The first-order valence-corrected chi connectivity index (χ1v) is 7.75. The minimum atomic E-state index is -0.0321. The lowest BCUT2D eigenvalue weighted by molar-refractivity contribution is 0.206. The maximum Gasteiger partial charge on any atom is 0.322 e. The van der Waals surface area contributed by atoms with Crippen LogP contribution in [0.5, 0.6) is 0 Å². The van der Waals surface area contributed by atoms with Crippen molar-refractivity contribution in [3.05, 3.63) is 53.3 Å². The van der Waals surface area contributed by atoms with Crippen LogP contribution in [0.3, 0.4) is 0 Å². The van der Waals surface area contributed by atoms with E-state index in [2.05, 4.69) is 43.2 Å². The molecule has 1 aromatic carbocycles. The van der Waals surface area contributed by atoms with Crippen LogP contribution in [-0.4, -0.2) is 22.5 Å². The number of benzene rings is 1. The molecule has 0 unspecified atom stereocenters. The van der Waals surface area contributed by atoms with Gasteiger partial charge in [-0.15, -0.1) is 0 Å². The van der Waals surface area contributed by atoms with Crippen LogP contribution in [0.2, 0.25) is 0 Å². The molecule has 4 nitrogen and oxygen atoms in total. The molecule has 0 radical (unpaired) electrons. The van der Waals surface area contributed by atoms with Crippen molar-refractivity contribution in [2.24, 2.45) is 0 Å². The first kappa shape index (κ1) is 14.7. The zero-order valence-electron chi connectivity index (χ0n) is 13.4. The van der Waals surface area contributed by atoms with E-state index >= 15 is 0 Å². The molecule has 22 heavy (non-hydrogen) atoms. The van der Waals surface area contributed by atoms with Crippen LogP contribution in [0.25, 0.3) is 0 Å². The van der Waals surface area contributed by atoms with Crippen molar-refractivity contribution >= 4 is 11.7 Å². The summed E-state index contributed by atoms with van der Waals surface area (Å²) in [5, 5.41) is 2.99. The van der Waals surface area contributed by atoms with Crippen molar-refractivity contribution in [1.82, 2.24) is 9.88 Å². The highest BCUT2D eigenvalue weighted by Gasteiger charge is 2.21. The van der Waals surface area contributed by atoms with Crippen LogP contribution >= 0.6 is 0 Å². The van der Waals surface area contributed by atoms with E-state index in [0.717, 1.165) is 18.7 Å². The van der Waals surface area contributed by atoms with Gasteiger partial charge in [0, 0.05) is 37.1 Å². The molecule has 116 valence electrons. The minimum Gasteiger partial charge on any atom is -0.365 e. The Kier molecular flexibility index (Phi) is 3.69. The Morgan fingerprint density at radius 1 is 1.18 bits per heavy atom. The standard InChI is InChI=1S/C18H23N3O/c1-18(2,3)14-4-6-15(7-5-14)20-17(22)21-11-9-16-13(12-21)8-10-19-16/h4-8,10,19H,9,11-12H2,1-3H3,(H,20,22). The molecule has 4 heteroatoms. The second kappa shape index (κ2) is 5.52. The Morgan fingerprint density at radius 2 is 1.91 bits per heavy atom. The fraction of sp³-hybridized carbons (Fsp3) is 0.389. The number of carbonyl (C=O) groups is 1. The maximum absolute atomic E-state index is 12.4. The van der Waals surface area contributed by atoms with Crippen molar-refractivity contribution in [3.8, 4) is 0 Å². The number of hydrogen-bond acceptors (Lipinski definition) is 1. The van der Waals surface area contributed by atoms with Crippen LogP contribution < -0.4 is 5.32 Å². The third-order valence-corrected chi connectivity index (χ3v) is 4.21. The molecule has 0 saturated heterocycles. The number of rotatable bonds is 1. The van der Waals surface area contributed by atoms with E-state index in [-0.39, 0.29) is 11.4 Å². The van der Waals surface area contributed by atoms with Gasteiger partial charge in [-0.3, -0.25) is 0 Å². The molecule has 0 bridgehead atoms. The van der Waals surface area contributed by atoms with E-state index in [0.29, 0.717) is 6.54 Å². The number of nitrogens with zero attached hydrogens (tertiary/aromatic N) is 1. The van der Waals surface area contributed by atoms with Crippen LogP contribution in [0.15, 0.2) is 36.5 Å². The highest BCUT2D eigenvalue weighted by atomic mass is 16.2. The molecule has 0 atom stereocenters. The molecule has 1 aromatic heterocycles. The second-order valence-electron chi connectivity index (χ2n) is 6.91. The summed E-state index contributed by atoms with van der Waals surface area (Å²) in [5.74, 6) is 0. The molecule has 1 aliphatic heterocycles. The number of anilines is 1. The largest absolute Gasteiger partial charge is 0.365 e. The van der Waals surface area contributed by atoms with Crippen LogP contribution in [0, 0.1) is 0 Å². The molecular formula is C18H23N3O. The summed E-state index contributed by atoms with van der Waals surface area (Å²) in [4.78, 5) is 17.5. The molecule has 2 amide bonds. The summed E-state index contributed by atoms with van der Waals surface area (Å²) in [6.45, 7) is 7.97. The lowest BCUT2D eigenvalue weighted by Gasteiger charge is -2.27. The topological polar surface area (TPSA) is 48.1 Å². The zero-order chi connectivity index (χ0) is 15.7. The number of amides is 2. The highest BCUT2D eigenvalue weighted by molar-refractivity contribution is 5.89. The second-order valence-corrected chi connectivity index (χ2v) is 6.91. The third kappa shape index (κ3) is 3.01. The van der Waals surface area contributed by atoms with E-state index in [1.165, 1.54) is 16.8 Å². The van der Waals surface area contributed by atoms with Gasteiger partial charge < -0.3 is 15.2 Å². The summed E-state index contributed by atoms with van der Waals surface area (Å²) in [7, 11) is 0. The van der Waals surface area contributed by atoms with E-state index in [1.54, 1.807) is 0 Å². The average Bonchev–Trinajstić information content (AvgIpc) is 2.94. The zero-order valence-corrected chi connectivity index (χ0v) is 13.4. The lowest BCUT2D eigenvalue weighted by atomic mass is 9.87. The molecule has 0 aliphatic carbocycles. The predicted octanol–water partition coefficient (Wildman–Crippen LogP) is 3.90. The lowest BCUT2D eigenvalue weighted by Crippen LogP contribution is -2.38. The first-order chi connectivity index (χ1) is 10.4. The van der Waals surface area contributed by atoms with E-state index in [1.807, 2.05) is 29.3 Å². The fourth-order valence-corrected chi connectivity index (χ4v) is 2.78. The smallest absolute Gasteiger partial charge is 0.322 e. The number of aromatic amines is 1. The van der Waals surface area contributed by atoms with Crippen molar-refractivity contribution in [2.45, 2.75) is 39.2 Å². The summed E-state index contributed by atoms with van der Waals surface area (Å²) in [5.41, 5.74) is 4.70. The van der Waals surface area contributed by atoms with E-state index < -0.39 is 0 Å². The average molecular weight is 297 g/mol. The minimum absolute atomic E-state index is 0.0321. The molecule has 0 spiro atoms. The van der Waals surface area contributed by atoms with Gasteiger partial charge in [-0.25, -0.2) is 4.79 Å². The van der Waals surface area contributed by atoms with Crippen molar-refractivity contribution in [2.75, 3.05) is 11.9 Å². The van der Waals surface area contributed by atoms with Crippen LogP contribution in [0.4, 0.5) is 10.5 Å². The number of H-pyrrole nitrogens is 1. The number of urea groups is 1. The molecule has 0 saturated carbocycles. The monoisotopic (exact) mass is 297 g/mol. The molecular weight excluding hydrogens is 274 g/mol. The van der Waals surface area contributed by atoms with Gasteiger partial charge in [0.05, 0.1) is 0 Å². The third-order valence-electron chi connectivity index (χ3n) is 4.21. The number of fused-ring (bicyclic) bond motifs is 1. The molecule has 2 aromatic rings. The Hall–Kier alpha value is -2.23. The van der Waals surface area contributed by atoms with Crippen molar-refractivity contribution in [1.29, 1.82) is 0 Å². The molecule has 2 N–H and O–H groups in total. The Labute approximate surface area is 131 Å². The number of nitrogens with one attached hydrogen (secondary N) is 2. The van der Waals surface area contributed by atoms with Gasteiger partial charge in [-0.1, -0.05) is 32.9 Å². The van der Waals surface area contributed by atoms with Crippen molar-refractivity contribution < 1.29 is 4.79 Å². The normalized spacial score (nSPS) is 14.6. The number of aromatic nitrogens is 1. The van der Waals surface area contributed by atoms with Gasteiger partial charge in [-0.2, -0.15) is 0 Å². The molecule has 3 rings (SSSR count). The Balaban J connectivity index is 1.65. The van der Waals surface area contributed by atoms with Gasteiger partial charge in [0.2, 0.25) is 0 Å². The summed E-state index contributed by atoms with van der Waals surface area (Å²) in [6.07, 6.45) is 2.83. The number of hydrogen-bond donors (Lipinski definition) is 2. The number of carbonyl (C=O) groups excluding carboxylic acids is 1. The first-order valence-electron chi connectivity index (χ1n) is 7.75. The Morgan fingerprint density at radius 3 is 2.59 bits per heavy atom. The molecule has 1 aliphatic rings.